The van der Waals surface area contributed by atoms with Crippen LogP contribution in [-0.2, 0) is 0 Å². The van der Waals surface area contributed by atoms with Gasteiger partial charge in [0.1, 0.15) is 0 Å². The number of rotatable bonds is 2. The fourth-order valence-corrected chi connectivity index (χ4v) is 2.83. The molecule has 1 fully saturated rings. The van der Waals surface area contributed by atoms with Crippen molar-refractivity contribution in [1.82, 2.24) is 10.1 Å². The van der Waals surface area contributed by atoms with E-state index in [2.05, 4.69) is 10.1 Å². The third-order valence-corrected chi connectivity index (χ3v) is 4.19. The lowest BCUT2D eigenvalue weighted by molar-refractivity contribution is 0.410. The van der Waals surface area contributed by atoms with Crippen LogP contribution in [0.1, 0.15) is 55.8 Å². The summed E-state index contributed by atoms with van der Waals surface area (Å²) in [5.74, 6) is 1.90. The van der Waals surface area contributed by atoms with Crippen molar-refractivity contribution in [3.05, 3.63) is 29.6 Å². The van der Waals surface area contributed by atoms with E-state index in [0.29, 0.717) is 11.8 Å². The highest BCUT2D eigenvalue weighted by Gasteiger charge is 2.20. The zero-order valence-corrected chi connectivity index (χ0v) is 11.9. The van der Waals surface area contributed by atoms with Gasteiger partial charge in [0.25, 0.3) is 5.89 Å². The third-order valence-electron chi connectivity index (χ3n) is 4.19. The van der Waals surface area contributed by atoms with Crippen LogP contribution < -0.4 is 5.73 Å². The molecule has 0 saturated heterocycles. The summed E-state index contributed by atoms with van der Waals surface area (Å²) in [6.07, 6.45) is 7.55. The van der Waals surface area contributed by atoms with Gasteiger partial charge in [0.2, 0.25) is 0 Å². The Kier molecular flexibility index (Phi) is 3.72. The highest BCUT2D eigenvalue weighted by Crippen LogP contribution is 2.31. The molecule has 20 heavy (non-hydrogen) atoms. The Morgan fingerprint density at radius 3 is 2.60 bits per heavy atom. The van der Waals surface area contributed by atoms with Crippen molar-refractivity contribution in [3.63, 3.8) is 0 Å². The molecular weight excluding hydrogens is 250 g/mol. The molecule has 0 spiro atoms. The lowest BCUT2D eigenvalue weighted by atomic mass is 10.00. The molecule has 1 aromatic heterocycles. The molecule has 1 aliphatic rings. The molecule has 2 N–H and O–H groups in total. The Bertz CT molecular complexity index is 583. The Morgan fingerprint density at radius 2 is 1.90 bits per heavy atom. The highest BCUT2D eigenvalue weighted by molar-refractivity contribution is 5.62. The van der Waals surface area contributed by atoms with Gasteiger partial charge in [-0.2, -0.15) is 4.98 Å². The van der Waals surface area contributed by atoms with Gasteiger partial charge < -0.3 is 10.3 Å². The molecule has 1 saturated carbocycles. The maximum Gasteiger partial charge on any atom is 0.258 e. The highest BCUT2D eigenvalue weighted by atomic mass is 16.5. The molecule has 2 aromatic rings. The van der Waals surface area contributed by atoms with Crippen LogP contribution in [-0.4, -0.2) is 10.1 Å². The molecule has 1 heterocycles. The maximum absolute atomic E-state index is 5.94. The van der Waals surface area contributed by atoms with Crippen molar-refractivity contribution in [2.24, 2.45) is 0 Å². The number of aryl methyl sites for hydroxylation is 1. The van der Waals surface area contributed by atoms with E-state index in [1.807, 2.05) is 25.1 Å². The minimum Gasteiger partial charge on any atom is -0.398 e. The molecule has 106 valence electrons. The number of nitrogens with zero attached hydrogens (tertiary/aromatic N) is 2. The normalized spacial score (nSPS) is 17.1. The monoisotopic (exact) mass is 271 g/mol. The summed E-state index contributed by atoms with van der Waals surface area (Å²) in [5, 5.41) is 4.18. The first-order chi connectivity index (χ1) is 9.74. The van der Waals surface area contributed by atoms with Gasteiger partial charge in [-0.05, 0) is 37.5 Å². The van der Waals surface area contributed by atoms with Crippen LogP contribution in [0.3, 0.4) is 0 Å². The molecule has 0 bridgehead atoms. The minimum atomic E-state index is 0.456. The van der Waals surface area contributed by atoms with Crippen LogP contribution in [0.15, 0.2) is 22.7 Å². The fourth-order valence-electron chi connectivity index (χ4n) is 2.83. The van der Waals surface area contributed by atoms with Gasteiger partial charge in [-0.15, -0.1) is 0 Å². The number of nitrogen functional groups attached to an aromatic ring is 1. The predicted octanol–water partition coefficient (Wildman–Crippen LogP) is 4.07. The molecule has 3 rings (SSSR count). The molecule has 4 nitrogen and oxygen atoms in total. The van der Waals surface area contributed by atoms with E-state index in [9.17, 15) is 0 Å². The first kappa shape index (κ1) is 13.2. The topological polar surface area (TPSA) is 64.9 Å². The molecule has 1 aliphatic carbocycles. The van der Waals surface area contributed by atoms with Crippen molar-refractivity contribution in [2.75, 3.05) is 5.73 Å². The van der Waals surface area contributed by atoms with Gasteiger partial charge >= 0.3 is 0 Å². The first-order valence-corrected chi connectivity index (χ1v) is 7.44. The lowest BCUT2D eigenvalue weighted by Gasteiger charge is -2.07. The van der Waals surface area contributed by atoms with Crippen molar-refractivity contribution >= 4 is 5.69 Å². The first-order valence-electron chi connectivity index (χ1n) is 7.44. The summed E-state index contributed by atoms with van der Waals surface area (Å²) < 4.78 is 5.42. The second-order valence-corrected chi connectivity index (χ2v) is 5.72. The van der Waals surface area contributed by atoms with E-state index < -0.39 is 0 Å². The summed E-state index contributed by atoms with van der Waals surface area (Å²) >= 11 is 0. The van der Waals surface area contributed by atoms with Crippen LogP contribution >= 0.6 is 0 Å². The summed E-state index contributed by atoms with van der Waals surface area (Å²) in [4.78, 5) is 4.58. The Labute approximate surface area is 119 Å². The van der Waals surface area contributed by atoms with Crippen LogP contribution in [0.5, 0.6) is 0 Å². The number of hydrogen-bond donors (Lipinski definition) is 1. The zero-order valence-electron chi connectivity index (χ0n) is 11.9. The minimum absolute atomic E-state index is 0.456. The second-order valence-electron chi connectivity index (χ2n) is 5.72. The lowest BCUT2D eigenvalue weighted by Crippen LogP contribution is -1.99. The zero-order chi connectivity index (χ0) is 13.9. The average Bonchev–Trinajstić information content (AvgIpc) is 2.78. The van der Waals surface area contributed by atoms with Crippen LogP contribution in [0.2, 0.25) is 0 Å². The molecule has 0 unspecified atom stereocenters. The largest absolute Gasteiger partial charge is 0.398 e. The van der Waals surface area contributed by atoms with E-state index in [1.165, 1.54) is 38.5 Å². The van der Waals surface area contributed by atoms with Gasteiger partial charge in [-0.1, -0.05) is 36.9 Å². The van der Waals surface area contributed by atoms with Gasteiger partial charge in [-0.25, -0.2) is 0 Å². The van der Waals surface area contributed by atoms with E-state index in [-0.39, 0.29) is 0 Å². The smallest absolute Gasteiger partial charge is 0.258 e. The Balaban J connectivity index is 1.83. The van der Waals surface area contributed by atoms with Crippen molar-refractivity contribution in [2.45, 2.75) is 51.4 Å². The molecular formula is C16H21N3O. The van der Waals surface area contributed by atoms with E-state index in [0.717, 1.165) is 22.6 Å². The van der Waals surface area contributed by atoms with Gasteiger partial charge in [0.15, 0.2) is 5.82 Å². The van der Waals surface area contributed by atoms with Gasteiger partial charge in [0.05, 0.1) is 0 Å². The average molecular weight is 271 g/mol. The van der Waals surface area contributed by atoms with Gasteiger partial charge in [-0.3, -0.25) is 0 Å². The van der Waals surface area contributed by atoms with Crippen molar-refractivity contribution in [1.29, 1.82) is 0 Å². The summed E-state index contributed by atoms with van der Waals surface area (Å²) in [5.41, 5.74) is 8.67. The van der Waals surface area contributed by atoms with Crippen molar-refractivity contribution < 1.29 is 4.52 Å². The molecule has 1 aromatic carbocycles. The Hall–Kier alpha value is -1.84. The van der Waals surface area contributed by atoms with Crippen molar-refractivity contribution in [3.8, 4) is 11.5 Å². The molecule has 4 heteroatoms. The van der Waals surface area contributed by atoms with E-state index >= 15 is 0 Å². The Morgan fingerprint density at radius 1 is 1.15 bits per heavy atom. The van der Waals surface area contributed by atoms with Crippen LogP contribution in [0.25, 0.3) is 11.5 Å². The maximum atomic E-state index is 5.94. The second kappa shape index (κ2) is 5.65. The van der Waals surface area contributed by atoms with E-state index in [4.69, 9.17) is 10.3 Å². The number of anilines is 1. The van der Waals surface area contributed by atoms with Crippen LogP contribution in [0, 0.1) is 6.92 Å². The SMILES string of the molecule is Cc1ccc(-c2nc(C3CCCCCC3)no2)cc1N. The quantitative estimate of drug-likeness (QED) is 0.660. The summed E-state index contributed by atoms with van der Waals surface area (Å²) in [7, 11) is 0. The number of hydrogen-bond acceptors (Lipinski definition) is 4. The summed E-state index contributed by atoms with van der Waals surface area (Å²) in [6, 6.07) is 5.87. The molecule has 0 atom stereocenters. The summed E-state index contributed by atoms with van der Waals surface area (Å²) in [6.45, 7) is 1.99. The standard InChI is InChI=1S/C16H21N3O/c1-11-8-9-13(10-14(11)17)16-18-15(19-20-16)12-6-4-2-3-5-7-12/h8-10,12H,2-7,17H2,1H3. The predicted molar refractivity (Wildman–Crippen MR) is 79.3 cm³/mol. The third kappa shape index (κ3) is 2.69. The molecule has 0 radical (unpaired) electrons. The van der Waals surface area contributed by atoms with Crippen LogP contribution in [0.4, 0.5) is 5.69 Å². The molecule has 0 aliphatic heterocycles. The number of aromatic nitrogens is 2. The fraction of sp³-hybridized carbons (Fsp3) is 0.500. The van der Waals surface area contributed by atoms with E-state index in [1.54, 1.807) is 0 Å². The molecule has 0 amide bonds. The number of nitrogens with two attached hydrogens (primary N) is 1. The van der Waals surface area contributed by atoms with Gasteiger partial charge in [0, 0.05) is 17.2 Å². The number of benzene rings is 1.